The molecule has 0 spiro atoms. The molecule has 1 amide bonds. The van der Waals surface area contributed by atoms with E-state index >= 15 is 0 Å². The highest BCUT2D eigenvalue weighted by Gasteiger charge is 2.30. The zero-order chi connectivity index (χ0) is 21.0. The van der Waals surface area contributed by atoms with Crippen LogP contribution in [0.15, 0.2) is 30.3 Å². The number of hydrogen-bond acceptors (Lipinski definition) is 5. The van der Waals surface area contributed by atoms with Gasteiger partial charge in [0.05, 0.1) is 5.56 Å². The molecule has 2 heterocycles. The lowest BCUT2D eigenvalue weighted by molar-refractivity contribution is -0.137. The third kappa shape index (κ3) is 6.22. The van der Waals surface area contributed by atoms with Gasteiger partial charge in [0, 0.05) is 43.5 Å². The summed E-state index contributed by atoms with van der Waals surface area (Å²) in [7, 11) is 0. The number of benzene rings is 1. The number of alkyl halides is 3. The maximum Gasteiger partial charge on any atom is 0.416 e. The molecular formula is C20H25ClF3N5O. The first kappa shape index (κ1) is 23.7. The van der Waals surface area contributed by atoms with Crippen molar-refractivity contribution < 1.29 is 18.0 Å². The molecule has 6 nitrogen and oxygen atoms in total. The maximum atomic E-state index is 13.0. The Labute approximate surface area is 179 Å². The van der Waals surface area contributed by atoms with Gasteiger partial charge in [-0.3, -0.25) is 4.79 Å². The van der Waals surface area contributed by atoms with Crippen molar-refractivity contribution in [3.63, 3.8) is 0 Å². The number of nitrogens with zero attached hydrogens (tertiary/aromatic N) is 3. The quantitative estimate of drug-likeness (QED) is 0.695. The Kier molecular flexibility index (Phi) is 7.89. The number of amides is 1. The molecule has 1 aliphatic rings. The molecule has 30 heavy (non-hydrogen) atoms. The maximum absolute atomic E-state index is 13.0. The van der Waals surface area contributed by atoms with Gasteiger partial charge in [-0.15, -0.1) is 12.4 Å². The molecule has 1 saturated heterocycles. The van der Waals surface area contributed by atoms with E-state index in [1.807, 2.05) is 13.0 Å². The minimum atomic E-state index is -4.41. The third-order valence-corrected chi connectivity index (χ3v) is 4.64. The summed E-state index contributed by atoms with van der Waals surface area (Å²) in [6.07, 6.45) is -1.99. The molecule has 164 valence electrons. The van der Waals surface area contributed by atoms with Gasteiger partial charge in [0.15, 0.2) is 0 Å². The highest BCUT2D eigenvalue weighted by Crippen LogP contribution is 2.31. The minimum Gasteiger partial charge on any atom is -0.354 e. The molecular weight excluding hydrogens is 419 g/mol. The van der Waals surface area contributed by atoms with Gasteiger partial charge >= 0.3 is 6.18 Å². The lowest BCUT2D eigenvalue weighted by Gasteiger charge is -2.19. The summed E-state index contributed by atoms with van der Waals surface area (Å²) in [5.74, 6) is 0.886. The van der Waals surface area contributed by atoms with Crippen LogP contribution in [0.2, 0.25) is 0 Å². The van der Waals surface area contributed by atoms with Crippen molar-refractivity contribution in [2.45, 2.75) is 45.3 Å². The summed E-state index contributed by atoms with van der Waals surface area (Å²) in [5, 5.41) is 5.81. The lowest BCUT2D eigenvalue weighted by Crippen LogP contribution is -2.35. The molecule has 0 aliphatic carbocycles. The van der Waals surface area contributed by atoms with Crippen molar-refractivity contribution in [3.8, 4) is 0 Å². The van der Waals surface area contributed by atoms with Crippen molar-refractivity contribution in [2.24, 2.45) is 0 Å². The van der Waals surface area contributed by atoms with Crippen LogP contribution in [0.5, 0.6) is 0 Å². The molecule has 0 saturated carbocycles. The van der Waals surface area contributed by atoms with Gasteiger partial charge in [-0.2, -0.15) is 18.2 Å². The number of hydrogen-bond donors (Lipinski definition) is 2. The average Bonchev–Trinajstić information content (AvgIpc) is 3.09. The fraction of sp³-hybridized carbons (Fsp3) is 0.450. The summed E-state index contributed by atoms with van der Waals surface area (Å²) in [6.45, 7) is 4.88. The van der Waals surface area contributed by atoms with E-state index in [0.29, 0.717) is 12.4 Å². The number of carbonyl (C=O) groups excluding carboxylic acids is 1. The van der Waals surface area contributed by atoms with Gasteiger partial charge in [-0.05, 0) is 31.0 Å². The molecule has 1 aromatic heterocycles. The van der Waals surface area contributed by atoms with E-state index in [-0.39, 0.29) is 36.0 Å². The van der Waals surface area contributed by atoms with Crippen molar-refractivity contribution >= 4 is 35.8 Å². The topological polar surface area (TPSA) is 70.2 Å². The van der Waals surface area contributed by atoms with Crippen molar-refractivity contribution in [2.75, 3.05) is 23.3 Å². The predicted molar refractivity (Wildman–Crippen MR) is 112 cm³/mol. The molecule has 0 bridgehead atoms. The zero-order valence-corrected chi connectivity index (χ0v) is 17.6. The molecule has 10 heteroatoms. The standard InChI is InChI=1S/C20H24F3N5O.ClH/c1-3-5-15-11-18(28-9-8-17(12-28)24-13(2)29)27-19(25-15)26-16-7-4-6-14(10-16)20(21,22)23;/h4,6-7,10-11,17H,3,5,8-9,12H2,1-2H3,(H,24,29)(H,25,26,27);1H/t17-;/m0./s1. The Morgan fingerprint density at radius 1 is 1.27 bits per heavy atom. The normalized spacial score (nSPS) is 16.2. The summed E-state index contributed by atoms with van der Waals surface area (Å²) in [4.78, 5) is 22.3. The molecule has 2 N–H and O–H groups in total. The Bertz CT molecular complexity index is 878. The Balaban J connectivity index is 0.00000320. The molecule has 1 atom stereocenters. The summed E-state index contributed by atoms with van der Waals surface area (Å²) >= 11 is 0. The lowest BCUT2D eigenvalue weighted by atomic mass is 10.2. The Morgan fingerprint density at radius 2 is 2.03 bits per heavy atom. The van der Waals surface area contributed by atoms with Crippen LogP contribution in [-0.2, 0) is 17.4 Å². The molecule has 1 aromatic carbocycles. The van der Waals surface area contributed by atoms with Gasteiger partial charge in [0.2, 0.25) is 11.9 Å². The van der Waals surface area contributed by atoms with E-state index in [1.54, 1.807) is 6.07 Å². The first-order valence-electron chi connectivity index (χ1n) is 9.59. The number of halogens is 4. The van der Waals surface area contributed by atoms with Crippen molar-refractivity contribution in [1.82, 2.24) is 15.3 Å². The molecule has 2 aromatic rings. The van der Waals surface area contributed by atoms with E-state index in [4.69, 9.17) is 0 Å². The largest absolute Gasteiger partial charge is 0.416 e. The second-order valence-electron chi connectivity index (χ2n) is 7.13. The van der Waals surface area contributed by atoms with E-state index in [0.717, 1.165) is 43.6 Å². The Hall–Kier alpha value is -2.55. The van der Waals surface area contributed by atoms with E-state index in [9.17, 15) is 18.0 Å². The molecule has 1 fully saturated rings. The zero-order valence-electron chi connectivity index (χ0n) is 16.8. The van der Waals surface area contributed by atoms with Crippen LogP contribution in [0.3, 0.4) is 0 Å². The van der Waals surface area contributed by atoms with Crippen LogP contribution < -0.4 is 15.5 Å². The highest BCUT2D eigenvalue weighted by molar-refractivity contribution is 5.85. The minimum absolute atomic E-state index is 0. The number of aryl methyl sites for hydroxylation is 1. The van der Waals surface area contributed by atoms with Gasteiger partial charge in [-0.25, -0.2) is 4.98 Å². The number of aromatic nitrogens is 2. The van der Waals surface area contributed by atoms with Crippen LogP contribution in [0, 0.1) is 0 Å². The SMILES string of the molecule is CCCc1cc(N2CC[C@H](NC(C)=O)C2)nc(Nc2cccc(C(F)(F)F)c2)n1.Cl. The summed E-state index contributed by atoms with van der Waals surface area (Å²) in [5.41, 5.74) is 0.358. The number of nitrogens with one attached hydrogen (secondary N) is 2. The first-order valence-corrected chi connectivity index (χ1v) is 9.59. The summed E-state index contributed by atoms with van der Waals surface area (Å²) < 4.78 is 38.9. The fourth-order valence-electron chi connectivity index (χ4n) is 3.36. The van der Waals surface area contributed by atoms with Crippen LogP contribution in [0.1, 0.15) is 37.9 Å². The molecule has 3 rings (SSSR count). The van der Waals surface area contributed by atoms with Gasteiger partial charge in [0.1, 0.15) is 5.82 Å². The predicted octanol–water partition coefficient (Wildman–Crippen LogP) is 4.33. The van der Waals surface area contributed by atoms with Gasteiger partial charge < -0.3 is 15.5 Å². The van der Waals surface area contributed by atoms with Crippen molar-refractivity contribution in [3.05, 3.63) is 41.6 Å². The molecule has 0 unspecified atom stereocenters. The fourth-order valence-corrected chi connectivity index (χ4v) is 3.36. The second kappa shape index (κ2) is 9.97. The molecule has 0 radical (unpaired) electrons. The summed E-state index contributed by atoms with van der Waals surface area (Å²) in [6, 6.07) is 6.91. The van der Waals surface area contributed by atoms with E-state index in [2.05, 4.69) is 25.5 Å². The first-order chi connectivity index (χ1) is 13.7. The number of anilines is 3. The van der Waals surface area contributed by atoms with Crippen LogP contribution in [-0.4, -0.2) is 35.0 Å². The van der Waals surface area contributed by atoms with Gasteiger partial charge in [-0.1, -0.05) is 19.4 Å². The smallest absolute Gasteiger partial charge is 0.354 e. The van der Waals surface area contributed by atoms with E-state index < -0.39 is 11.7 Å². The van der Waals surface area contributed by atoms with Crippen LogP contribution >= 0.6 is 12.4 Å². The molecule has 1 aliphatic heterocycles. The van der Waals surface area contributed by atoms with Crippen LogP contribution in [0.4, 0.5) is 30.6 Å². The highest BCUT2D eigenvalue weighted by atomic mass is 35.5. The monoisotopic (exact) mass is 443 g/mol. The van der Waals surface area contributed by atoms with Crippen LogP contribution in [0.25, 0.3) is 0 Å². The van der Waals surface area contributed by atoms with Gasteiger partial charge in [0.25, 0.3) is 0 Å². The van der Waals surface area contributed by atoms with E-state index in [1.165, 1.54) is 13.0 Å². The third-order valence-electron chi connectivity index (χ3n) is 4.64. The second-order valence-corrected chi connectivity index (χ2v) is 7.13. The Morgan fingerprint density at radius 3 is 2.70 bits per heavy atom. The number of carbonyl (C=O) groups is 1. The average molecular weight is 444 g/mol. The van der Waals surface area contributed by atoms with Crippen molar-refractivity contribution in [1.29, 1.82) is 0 Å². The number of rotatable bonds is 6.